The van der Waals surface area contributed by atoms with Gasteiger partial charge in [-0.2, -0.15) is 15.2 Å². The molecule has 0 saturated carbocycles. The van der Waals surface area contributed by atoms with Crippen molar-refractivity contribution in [2.24, 2.45) is 0 Å². The van der Waals surface area contributed by atoms with Crippen LogP contribution >= 0.6 is 33.9 Å². The summed E-state index contributed by atoms with van der Waals surface area (Å²) in [5.41, 5.74) is -1.99. The van der Waals surface area contributed by atoms with Gasteiger partial charge in [0.1, 0.15) is 0 Å². The molecule has 0 saturated heterocycles. The first-order valence-electron chi connectivity index (χ1n) is 8.58. The molecule has 209 valence electrons. The smallest absolute Gasteiger partial charge is 1.00 e. The summed E-state index contributed by atoms with van der Waals surface area (Å²) in [6.45, 7) is 2.01. The quantitative estimate of drug-likeness (QED) is 0.102. The molecule has 2 rings (SSSR count). The van der Waals surface area contributed by atoms with Gasteiger partial charge in [0.15, 0.2) is 0 Å². The third-order valence-corrected chi connectivity index (χ3v) is 4.07. The third kappa shape index (κ3) is 13.8. The summed E-state index contributed by atoms with van der Waals surface area (Å²) in [5.74, 6) is -0.490. The Morgan fingerprint density at radius 2 is 1.49 bits per heavy atom. The summed E-state index contributed by atoms with van der Waals surface area (Å²) in [6, 6.07) is 7.27. The number of halogens is 2. The second-order valence-corrected chi connectivity index (χ2v) is 6.01. The van der Waals surface area contributed by atoms with Gasteiger partial charge in [-0.25, -0.2) is 0 Å². The predicted molar refractivity (Wildman–Crippen MR) is 159 cm³/mol. The van der Waals surface area contributed by atoms with Crippen LogP contribution in [0.25, 0.3) is 11.1 Å². The first-order chi connectivity index (χ1) is 13.8. The summed E-state index contributed by atoms with van der Waals surface area (Å²) < 4.78 is 5.34. The summed E-state index contributed by atoms with van der Waals surface area (Å²) in [4.78, 5) is 32.0. The van der Waals surface area contributed by atoms with Crippen molar-refractivity contribution in [3.8, 4) is 22.9 Å². The fraction of sp³-hybridized carbons (Fsp3) is 0.316. The van der Waals surface area contributed by atoms with Crippen LogP contribution in [0.3, 0.4) is 0 Å². The van der Waals surface area contributed by atoms with E-state index in [9.17, 15) is 30.3 Å². The van der Waals surface area contributed by atoms with E-state index < -0.39 is 37.6 Å². The number of rotatable bonds is 9. The predicted octanol–water partition coefficient (Wildman–Crippen LogP) is 2.79. The fourth-order valence-electron chi connectivity index (χ4n) is 2.70. The van der Waals surface area contributed by atoms with Crippen LogP contribution in [0.15, 0.2) is 30.3 Å². The molecule has 13 nitrogen and oxygen atoms in total. The van der Waals surface area contributed by atoms with E-state index in [0.717, 1.165) is 31.0 Å². The number of benzene rings is 2. The van der Waals surface area contributed by atoms with Crippen molar-refractivity contribution in [2.75, 3.05) is 6.61 Å². The van der Waals surface area contributed by atoms with Crippen molar-refractivity contribution in [3.05, 3.63) is 66.2 Å². The van der Waals surface area contributed by atoms with Gasteiger partial charge in [-0.15, -0.1) is 24.0 Å². The van der Waals surface area contributed by atoms with Crippen LogP contribution in [-0.4, -0.2) is 35.3 Å². The molecule has 0 aliphatic carbocycles. The number of nitro benzene ring substituents is 3. The summed E-state index contributed by atoms with van der Waals surface area (Å²) in [7, 11) is 0. The van der Waals surface area contributed by atoms with Gasteiger partial charge in [0.25, 0.3) is 11.4 Å². The van der Waals surface area contributed by atoms with E-state index in [4.69, 9.17) is 10.00 Å². The first kappa shape index (κ1) is 52.1. The minimum Gasteiger partial charge on any atom is -1.00 e. The molecule has 2 aromatic carbocycles. The second kappa shape index (κ2) is 24.9. The summed E-state index contributed by atoms with van der Waals surface area (Å²) >= 11 is 0. The van der Waals surface area contributed by atoms with Gasteiger partial charge in [0.2, 0.25) is 0 Å². The summed E-state index contributed by atoms with van der Waals surface area (Å²) in [5, 5.41) is 43.3. The Morgan fingerprint density at radius 3 is 1.86 bits per heavy atom. The monoisotopic (exact) mass is 691 g/mol. The number of hydrogen-bond donors (Lipinski definition) is 1. The van der Waals surface area contributed by atoms with E-state index in [1.165, 1.54) is 12.1 Å². The number of nitro groups is 3. The van der Waals surface area contributed by atoms with Crippen molar-refractivity contribution < 1.29 is 86.8 Å². The van der Waals surface area contributed by atoms with Gasteiger partial charge < -0.3 is 17.8 Å². The van der Waals surface area contributed by atoms with E-state index >= 15 is 0 Å². The zero-order valence-electron chi connectivity index (χ0n) is 20.7. The van der Waals surface area contributed by atoms with Crippen molar-refractivity contribution in [1.29, 1.82) is 5.26 Å². The molecule has 5 N–H and O–H groups in total. The zero-order valence-corrected chi connectivity index (χ0v) is 26.5. The van der Waals surface area contributed by atoms with E-state index in [0.29, 0.717) is 6.42 Å². The molecule has 37 heavy (non-hydrogen) atoms. The molecule has 18 heteroatoms. The van der Waals surface area contributed by atoms with Crippen LogP contribution in [0, 0.1) is 41.7 Å². The number of nitriles is 1. The number of hydrogen-bond acceptors (Lipinski definition) is 9. The Balaban J connectivity index is -0.0000000833. The maximum Gasteiger partial charge on any atom is 1.00 e. The fourth-order valence-corrected chi connectivity index (χ4v) is 2.70. The molecule has 1 unspecified atom stereocenters. The van der Waals surface area contributed by atoms with Gasteiger partial charge in [0, 0.05) is 36.5 Å². The van der Waals surface area contributed by atoms with Crippen molar-refractivity contribution in [2.45, 2.75) is 33.6 Å². The standard InChI is InChI=1S/C18H16N4O7.CH4.B.FH.HI.K.H3N.H2O.H3P.3H2.H/c1-2-3-4-7-29-18-16(21(25)26)9-13(10-17(18)22(27)28)14-6-5-12(11-19)8-15(14)20(23)24;;;;;;;;;;;;/h5-6,8-10H,2-4,7H2,1H3;1H4;;2*1H;;1H3;1H2;1H3;3*1H;/q;;;;;+1;;;;;;;-1/i;;;;;;;;;1+1;;;. The van der Waals surface area contributed by atoms with Crippen LogP contribution in [0.5, 0.6) is 5.75 Å². The van der Waals surface area contributed by atoms with E-state index in [1.54, 1.807) is 6.07 Å². The largest absolute Gasteiger partial charge is 1.00 e. The minimum absolute atomic E-state index is 0. The molecule has 0 heterocycles. The molecule has 0 aliphatic heterocycles. The van der Waals surface area contributed by atoms with Gasteiger partial charge in [-0.1, -0.05) is 27.2 Å². The van der Waals surface area contributed by atoms with Crippen LogP contribution in [0.1, 0.15) is 44.9 Å². The molecule has 1 atom stereocenters. The van der Waals surface area contributed by atoms with E-state index in [2.05, 4.69) is 0 Å². The normalized spacial score (nSPS) is 8.00. The summed E-state index contributed by atoms with van der Waals surface area (Å²) in [6.07, 6.45) is 2.22. The average Bonchev–Trinajstić information content (AvgIpc) is 2.70. The molecule has 0 amide bonds. The molecule has 0 fully saturated rings. The van der Waals surface area contributed by atoms with Crippen LogP contribution in [0.4, 0.5) is 21.8 Å². The zero-order chi connectivity index (χ0) is 21.6. The molecule has 2 aromatic rings. The van der Waals surface area contributed by atoms with Crippen molar-refractivity contribution in [1.82, 2.24) is 6.15 Å². The van der Waals surface area contributed by atoms with E-state index in [-0.39, 0.29) is 146 Å². The Hall–Kier alpha value is -1.36. The Bertz CT molecular complexity index is 1040. The van der Waals surface area contributed by atoms with Crippen molar-refractivity contribution >= 4 is 59.4 Å². The van der Waals surface area contributed by atoms with Gasteiger partial charge in [-0.05, 0) is 18.6 Å². The molecule has 0 spiro atoms. The van der Waals surface area contributed by atoms with Crippen LogP contribution in [-0.2, 0) is 0 Å². The maximum absolute atomic E-state index is 11.5. The molecule has 3 radical (unpaired) electrons. The van der Waals surface area contributed by atoms with Crippen LogP contribution in [0.2, 0.25) is 0 Å². The van der Waals surface area contributed by atoms with Crippen LogP contribution < -0.4 is 62.3 Å². The van der Waals surface area contributed by atoms with E-state index in [1.807, 2.05) is 6.92 Å². The number of nitrogens with zero attached hydrogens (tertiary/aromatic N) is 4. The maximum atomic E-state index is 11.5. The molecular formula is C19H37BFIKN5O8P. The number of ether oxygens (including phenoxy) is 1. The second-order valence-electron chi connectivity index (χ2n) is 6.01. The van der Waals surface area contributed by atoms with Gasteiger partial charge >= 0.3 is 62.8 Å². The molecule has 0 aromatic heterocycles. The first-order valence-corrected chi connectivity index (χ1v) is 8.58. The molecule has 0 bridgehead atoms. The van der Waals surface area contributed by atoms with Gasteiger partial charge in [0.05, 0.1) is 38.6 Å². The Kier molecular flexibility index (Phi) is 35.2. The van der Waals surface area contributed by atoms with Gasteiger partial charge in [-0.3, -0.25) is 35.0 Å². The average molecular weight is 691 g/mol. The van der Waals surface area contributed by atoms with Crippen molar-refractivity contribution in [3.63, 3.8) is 0 Å². The SMILES string of the molecule is C.CCCCCOc1c([N+](=O)[O-])cc(-c2ccc(C#N)cc2[N+](=O)[O-])cc1[N+](=O)[O-].F.I.N.O.P.[2HH].[B].[H-].[HH].[HH].[K+]. The minimum atomic E-state index is -0.832. The Morgan fingerprint density at radius 1 is 1.03 bits per heavy atom. The molecular weight excluding hydrogens is 653 g/mol. The topological polar surface area (TPSA) is 229 Å². The third-order valence-electron chi connectivity index (χ3n) is 4.07. The number of unbranched alkanes of at least 4 members (excludes halogenated alkanes) is 2. The molecule has 0 aliphatic rings. The Labute approximate surface area is 284 Å².